The molecule has 0 fully saturated rings. The summed E-state index contributed by atoms with van der Waals surface area (Å²) < 4.78 is 8.88. The Morgan fingerprint density at radius 3 is 2.79 bits per heavy atom. The van der Waals surface area contributed by atoms with Crippen molar-refractivity contribution in [2.75, 3.05) is 7.11 Å². The Labute approximate surface area is 142 Å². The molecule has 120 valence electrons. The van der Waals surface area contributed by atoms with Gasteiger partial charge in [-0.1, -0.05) is 17.8 Å². The minimum atomic E-state index is 0.693. The molecule has 7 nitrogen and oxygen atoms in total. The van der Waals surface area contributed by atoms with Crippen molar-refractivity contribution < 1.29 is 4.74 Å². The molecule has 0 radical (unpaired) electrons. The number of hydrogen-bond acceptors (Lipinski definition) is 6. The summed E-state index contributed by atoms with van der Waals surface area (Å²) in [5.74, 6) is 1.49. The molecule has 1 aromatic carbocycles. The van der Waals surface area contributed by atoms with E-state index in [0.717, 1.165) is 27.9 Å². The van der Waals surface area contributed by atoms with Crippen LogP contribution in [0.3, 0.4) is 0 Å². The molecule has 0 unspecified atom stereocenters. The van der Waals surface area contributed by atoms with Crippen molar-refractivity contribution in [2.45, 2.75) is 10.9 Å². The lowest BCUT2D eigenvalue weighted by Gasteiger charge is -2.04. The van der Waals surface area contributed by atoms with Crippen molar-refractivity contribution in [3.8, 4) is 11.4 Å². The quantitative estimate of drug-likeness (QED) is 0.521. The summed E-state index contributed by atoms with van der Waals surface area (Å²) in [6.07, 6.45) is 4.00. The molecule has 0 aliphatic carbocycles. The van der Waals surface area contributed by atoms with E-state index in [1.807, 2.05) is 59.3 Å². The predicted octanol–water partition coefficient (Wildman–Crippen LogP) is 2.61. The number of nitrogens with zero attached hydrogens (tertiary/aromatic N) is 6. The molecule has 3 aromatic heterocycles. The largest absolute Gasteiger partial charge is 0.497 e. The smallest absolute Gasteiger partial charge is 0.214 e. The zero-order valence-corrected chi connectivity index (χ0v) is 13.7. The van der Waals surface area contributed by atoms with Crippen molar-refractivity contribution in [3.63, 3.8) is 0 Å². The van der Waals surface area contributed by atoms with E-state index in [2.05, 4.69) is 20.5 Å². The average Bonchev–Trinajstić information content (AvgIpc) is 3.26. The third-order valence-electron chi connectivity index (χ3n) is 3.52. The summed E-state index contributed by atoms with van der Waals surface area (Å²) in [7, 11) is 1.64. The maximum Gasteiger partial charge on any atom is 0.214 e. The topological polar surface area (TPSA) is 70.1 Å². The highest BCUT2D eigenvalue weighted by Gasteiger charge is 2.10. The Morgan fingerprint density at radius 2 is 2.00 bits per heavy atom. The third-order valence-corrected chi connectivity index (χ3v) is 4.47. The molecule has 0 amide bonds. The van der Waals surface area contributed by atoms with Crippen molar-refractivity contribution in [1.29, 1.82) is 0 Å². The second-order valence-electron chi connectivity index (χ2n) is 5.06. The van der Waals surface area contributed by atoms with Gasteiger partial charge in [-0.25, -0.2) is 4.98 Å². The van der Waals surface area contributed by atoms with Gasteiger partial charge in [-0.05, 0) is 46.8 Å². The number of methoxy groups -OCH3 is 1. The fourth-order valence-electron chi connectivity index (χ4n) is 2.35. The van der Waals surface area contributed by atoms with Crippen molar-refractivity contribution in [1.82, 2.24) is 29.6 Å². The van der Waals surface area contributed by atoms with Gasteiger partial charge in [0.1, 0.15) is 11.4 Å². The van der Waals surface area contributed by atoms with E-state index in [1.165, 1.54) is 0 Å². The summed E-state index contributed by atoms with van der Waals surface area (Å²) >= 11 is 1.55. The Hall–Kier alpha value is -2.87. The zero-order valence-electron chi connectivity index (χ0n) is 12.9. The molecule has 0 spiro atoms. The van der Waals surface area contributed by atoms with E-state index in [1.54, 1.807) is 23.6 Å². The van der Waals surface area contributed by atoms with Gasteiger partial charge in [-0.3, -0.25) is 0 Å². The molecule has 0 saturated carbocycles. The number of tetrazole rings is 1. The molecular formula is C16H14N6OS. The Balaban J connectivity index is 1.53. The maximum atomic E-state index is 5.17. The molecular weight excluding hydrogens is 324 g/mol. The standard InChI is InChI=1S/C16H14N6OS/c1-23-14-7-5-13(6-8-14)22-16(18-19-20-22)24-11-12-10-21-9-3-2-4-15(21)17-12/h2-10H,11H2,1H3. The van der Waals surface area contributed by atoms with E-state index in [0.29, 0.717) is 5.75 Å². The van der Waals surface area contributed by atoms with Crippen LogP contribution in [0.1, 0.15) is 5.69 Å². The van der Waals surface area contributed by atoms with E-state index < -0.39 is 0 Å². The second kappa shape index (κ2) is 6.32. The van der Waals surface area contributed by atoms with Gasteiger partial charge < -0.3 is 9.14 Å². The molecule has 0 aliphatic rings. The van der Waals surface area contributed by atoms with Gasteiger partial charge in [0.2, 0.25) is 5.16 Å². The van der Waals surface area contributed by atoms with Crippen LogP contribution in [0.5, 0.6) is 5.75 Å². The van der Waals surface area contributed by atoms with Crippen LogP contribution in [0.2, 0.25) is 0 Å². The molecule has 0 atom stereocenters. The van der Waals surface area contributed by atoms with Crippen LogP contribution in [0.15, 0.2) is 60.0 Å². The van der Waals surface area contributed by atoms with Gasteiger partial charge in [0.15, 0.2) is 0 Å². The van der Waals surface area contributed by atoms with Gasteiger partial charge in [0.05, 0.1) is 18.5 Å². The van der Waals surface area contributed by atoms with Crippen LogP contribution in [0.25, 0.3) is 11.3 Å². The summed E-state index contributed by atoms with van der Waals surface area (Å²) in [4.78, 5) is 4.58. The SMILES string of the molecule is COc1ccc(-n2nnnc2SCc2cn3ccccc3n2)cc1. The number of ether oxygens (including phenoxy) is 1. The minimum absolute atomic E-state index is 0.693. The normalized spacial score (nSPS) is 11.0. The van der Waals surface area contributed by atoms with E-state index in [9.17, 15) is 0 Å². The lowest BCUT2D eigenvalue weighted by Crippen LogP contribution is -1.99. The fourth-order valence-corrected chi connectivity index (χ4v) is 3.12. The van der Waals surface area contributed by atoms with Crippen molar-refractivity contribution in [3.05, 3.63) is 60.6 Å². The van der Waals surface area contributed by atoms with Gasteiger partial charge in [-0.2, -0.15) is 4.68 Å². The number of rotatable bonds is 5. The van der Waals surface area contributed by atoms with Crippen LogP contribution < -0.4 is 4.74 Å². The highest BCUT2D eigenvalue weighted by molar-refractivity contribution is 7.98. The molecule has 0 N–H and O–H groups in total. The fraction of sp³-hybridized carbons (Fsp3) is 0.125. The number of hydrogen-bond donors (Lipinski definition) is 0. The number of thioether (sulfide) groups is 1. The monoisotopic (exact) mass is 338 g/mol. The number of aromatic nitrogens is 6. The molecule has 0 aliphatic heterocycles. The molecule has 0 bridgehead atoms. The molecule has 8 heteroatoms. The van der Waals surface area contributed by atoms with Crippen LogP contribution in [-0.4, -0.2) is 36.7 Å². The molecule has 24 heavy (non-hydrogen) atoms. The Kier molecular flexibility index (Phi) is 3.87. The van der Waals surface area contributed by atoms with E-state index >= 15 is 0 Å². The molecule has 4 rings (SSSR count). The third kappa shape index (κ3) is 2.83. The maximum absolute atomic E-state index is 5.17. The molecule has 4 aromatic rings. The number of pyridine rings is 1. The predicted molar refractivity (Wildman–Crippen MR) is 90.5 cm³/mol. The number of fused-ring (bicyclic) bond motifs is 1. The van der Waals surface area contributed by atoms with Crippen LogP contribution in [-0.2, 0) is 5.75 Å². The first kappa shape index (κ1) is 14.7. The Morgan fingerprint density at radius 1 is 1.12 bits per heavy atom. The number of imidazole rings is 1. The van der Waals surface area contributed by atoms with E-state index in [4.69, 9.17) is 4.74 Å². The zero-order chi connectivity index (χ0) is 16.4. The first-order chi connectivity index (χ1) is 11.8. The van der Waals surface area contributed by atoms with Gasteiger partial charge in [-0.15, -0.1) is 5.10 Å². The van der Waals surface area contributed by atoms with Crippen molar-refractivity contribution >= 4 is 17.4 Å². The minimum Gasteiger partial charge on any atom is -0.497 e. The lowest BCUT2D eigenvalue weighted by molar-refractivity contribution is 0.414. The van der Waals surface area contributed by atoms with Crippen LogP contribution in [0, 0.1) is 0 Å². The Bertz CT molecular complexity index is 929. The average molecular weight is 338 g/mol. The molecule has 0 saturated heterocycles. The highest BCUT2D eigenvalue weighted by atomic mass is 32.2. The lowest BCUT2D eigenvalue weighted by atomic mass is 10.3. The number of benzene rings is 1. The summed E-state index contributed by atoms with van der Waals surface area (Å²) in [6, 6.07) is 13.5. The van der Waals surface area contributed by atoms with Gasteiger partial charge in [0, 0.05) is 18.1 Å². The second-order valence-corrected chi connectivity index (χ2v) is 6.00. The van der Waals surface area contributed by atoms with Crippen LogP contribution >= 0.6 is 11.8 Å². The summed E-state index contributed by atoms with van der Waals surface area (Å²) in [5, 5.41) is 12.7. The summed E-state index contributed by atoms with van der Waals surface area (Å²) in [5.41, 5.74) is 2.80. The van der Waals surface area contributed by atoms with Gasteiger partial charge in [0.25, 0.3) is 0 Å². The van der Waals surface area contributed by atoms with E-state index in [-0.39, 0.29) is 0 Å². The first-order valence-electron chi connectivity index (χ1n) is 7.32. The first-order valence-corrected chi connectivity index (χ1v) is 8.30. The van der Waals surface area contributed by atoms with Crippen molar-refractivity contribution in [2.24, 2.45) is 0 Å². The molecule has 3 heterocycles. The van der Waals surface area contributed by atoms with Crippen LogP contribution in [0.4, 0.5) is 0 Å². The summed E-state index contributed by atoms with van der Waals surface area (Å²) in [6.45, 7) is 0. The highest BCUT2D eigenvalue weighted by Crippen LogP contribution is 2.23. The van der Waals surface area contributed by atoms with Gasteiger partial charge >= 0.3 is 0 Å².